The Morgan fingerprint density at radius 2 is 2.00 bits per heavy atom. The van der Waals surface area contributed by atoms with Gasteiger partial charge in [-0.15, -0.1) is 0 Å². The maximum atomic E-state index is 12.8. The van der Waals surface area contributed by atoms with Crippen molar-refractivity contribution in [3.05, 3.63) is 69.7 Å². The summed E-state index contributed by atoms with van der Waals surface area (Å²) in [5, 5.41) is 4.37. The first-order valence-corrected chi connectivity index (χ1v) is 10.5. The summed E-state index contributed by atoms with van der Waals surface area (Å²) in [6, 6.07) is 10.5. The van der Waals surface area contributed by atoms with Crippen LogP contribution in [0.1, 0.15) is 11.1 Å². The molecule has 0 bridgehead atoms. The molecule has 1 N–H and O–H groups in total. The van der Waals surface area contributed by atoms with E-state index in [1.54, 1.807) is 17.1 Å². The number of rotatable bonds is 7. The van der Waals surface area contributed by atoms with Gasteiger partial charge < -0.3 is 4.74 Å². The molecule has 7 nitrogen and oxygen atoms in total. The molecule has 0 spiro atoms. The fourth-order valence-corrected chi connectivity index (χ4v) is 4.95. The SMILES string of the molecule is COc1c(Br)cc(Cl)cc1S(=O)(=O)NCc1ccccc1Cn1cncn1. The Balaban J connectivity index is 1.85. The van der Waals surface area contributed by atoms with Gasteiger partial charge in [-0.2, -0.15) is 5.10 Å². The number of hydrogen-bond donors (Lipinski definition) is 1. The predicted octanol–water partition coefficient (Wildman–Crippen LogP) is 3.23. The van der Waals surface area contributed by atoms with Gasteiger partial charge in [0.15, 0.2) is 5.75 Å². The van der Waals surface area contributed by atoms with Gasteiger partial charge in [0.05, 0.1) is 18.1 Å². The van der Waals surface area contributed by atoms with Crippen LogP contribution in [0.3, 0.4) is 0 Å². The van der Waals surface area contributed by atoms with Crippen molar-refractivity contribution < 1.29 is 13.2 Å². The Labute approximate surface area is 170 Å². The van der Waals surface area contributed by atoms with E-state index in [-0.39, 0.29) is 22.2 Å². The smallest absolute Gasteiger partial charge is 0.244 e. The van der Waals surface area contributed by atoms with Crippen LogP contribution in [-0.4, -0.2) is 30.3 Å². The lowest BCUT2D eigenvalue weighted by Gasteiger charge is -2.14. The molecule has 1 heterocycles. The lowest BCUT2D eigenvalue weighted by Crippen LogP contribution is -2.24. The third kappa shape index (κ3) is 4.67. The normalized spacial score (nSPS) is 11.5. The molecule has 3 aromatic rings. The molecule has 27 heavy (non-hydrogen) atoms. The second-order valence-electron chi connectivity index (χ2n) is 5.61. The first-order valence-electron chi connectivity index (χ1n) is 7.82. The third-order valence-electron chi connectivity index (χ3n) is 3.84. The Morgan fingerprint density at radius 1 is 1.26 bits per heavy atom. The highest BCUT2D eigenvalue weighted by molar-refractivity contribution is 9.10. The molecule has 0 unspecified atom stereocenters. The first kappa shape index (κ1) is 19.8. The van der Waals surface area contributed by atoms with E-state index in [1.165, 1.54) is 19.5 Å². The van der Waals surface area contributed by atoms with Crippen LogP contribution in [0, 0.1) is 0 Å². The molecule has 0 amide bonds. The van der Waals surface area contributed by atoms with Crippen LogP contribution < -0.4 is 9.46 Å². The van der Waals surface area contributed by atoms with Crippen LogP contribution in [0.4, 0.5) is 0 Å². The molecule has 0 aliphatic carbocycles. The second kappa shape index (κ2) is 8.39. The van der Waals surface area contributed by atoms with Crippen molar-refractivity contribution in [3.8, 4) is 5.75 Å². The summed E-state index contributed by atoms with van der Waals surface area (Å²) < 4.78 is 35.6. The Bertz CT molecular complexity index is 1040. The number of halogens is 2. The fourth-order valence-electron chi connectivity index (χ4n) is 2.56. The van der Waals surface area contributed by atoms with Gasteiger partial charge in [0.2, 0.25) is 10.0 Å². The zero-order valence-corrected chi connectivity index (χ0v) is 17.4. The van der Waals surface area contributed by atoms with Crippen LogP contribution in [0.2, 0.25) is 5.02 Å². The van der Waals surface area contributed by atoms with E-state index in [1.807, 2.05) is 24.3 Å². The van der Waals surface area contributed by atoms with Gasteiger partial charge in [-0.25, -0.2) is 22.8 Å². The maximum absolute atomic E-state index is 12.8. The first-order chi connectivity index (χ1) is 12.9. The highest BCUT2D eigenvalue weighted by Crippen LogP contribution is 2.35. The van der Waals surface area contributed by atoms with Gasteiger partial charge in [-0.3, -0.25) is 0 Å². The average molecular weight is 472 g/mol. The molecule has 2 aromatic carbocycles. The van der Waals surface area contributed by atoms with Gasteiger partial charge >= 0.3 is 0 Å². The van der Waals surface area contributed by atoms with Gasteiger partial charge in [0.25, 0.3) is 0 Å². The number of methoxy groups -OCH3 is 1. The van der Waals surface area contributed by atoms with Crippen molar-refractivity contribution in [1.29, 1.82) is 0 Å². The van der Waals surface area contributed by atoms with E-state index in [0.29, 0.717) is 11.0 Å². The molecule has 3 rings (SSSR count). The van der Waals surface area contributed by atoms with Gasteiger partial charge in [-0.05, 0) is 39.2 Å². The Morgan fingerprint density at radius 3 is 2.67 bits per heavy atom. The van der Waals surface area contributed by atoms with Crippen LogP contribution in [-0.2, 0) is 23.1 Å². The monoisotopic (exact) mass is 470 g/mol. The van der Waals surface area contributed by atoms with E-state index in [4.69, 9.17) is 16.3 Å². The highest BCUT2D eigenvalue weighted by Gasteiger charge is 2.22. The molecule has 10 heteroatoms. The summed E-state index contributed by atoms with van der Waals surface area (Å²) >= 11 is 9.29. The topological polar surface area (TPSA) is 86.1 Å². The molecule has 142 valence electrons. The number of benzene rings is 2. The van der Waals surface area contributed by atoms with E-state index < -0.39 is 10.0 Å². The molecule has 0 aliphatic heterocycles. The zero-order valence-electron chi connectivity index (χ0n) is 14.3. The maximum Gasteiger partial charge on any atom is 0.244 e. The second-order valence-corrected chi connectivity index (χ2v) is 8.63. The average Bonchev–Trinajstić information content (AvgIpc) is 3.13. The lowest BCUT2D eigenvalue weighted by molar-refractivity contribution is 0.399. The number of nitrogens with zero attached hydrogens (tertiary/aromatic N) is 3. The quantitative estimate of drug-likeness (QED) is 0.572. The molecule has 0 aliphatic rings. The van der Waals surface area contributed by atoms with Gasteiger partial charge in [-0.1, -0.05) is 35.9 Å². The van der Waals surface area contributed by atoms with Crippen molar-refractivity contribution >= 4 is 37.6 Å². The van der Waals surface area contributed by atoms with Crippen molar-refractivity contribution in [2.75, 3.05) is 7.11 Å². The zero-order chi connectivity index (χ0) is 19.4. The van der Waals surface area contributed by atoms with Crippen LogP contribution in [0.5, 0.6) is 5.75 Å². The van der Waals surface area contributed by atoms with Crippen molar-refractivity contribution in [3.63, 3.8) is 0 Å². The van der Waals surface area contributed by atoms with E-state index in [2.05, 4.69) is 30.7 Å². The number of aromatic nitrogens is 3. The number of ether oxygens (including phenoxy) is 1. The molecule has 0 fully saturated rings. The minimum atomic E-state index is -3.85. The summed E-state index contributed by atoms with van der Waals surface area (Å²) in [5.41, 5.74) is 1.77. The Kier molecular flexibility index (Phi) is 6.15. The minimum Gasteiger partial charge on any atom is -0.494 e. The minimum absolute atomic E-state index is 0.0295. The van der Waals surface area contributed by atoms with Crippen LogP contribution >= 0.6 is 27.5 Å². The highest BCUT2D eigenvalue weighted by atomic mass is 79.9. The molecule has 0 saturated carbocycles. The summed E-state index contributed by atoms with van der Waals surface area (Å²) in [5.74, 6) is 0.197. The van der Waals surface area contributed by atoms with E-state index >= 15 is 0 Å². The van der Waals surface area contributed by atoms with Gasteiger partial charge in [0, 0.05) is 11.6 Å². The van der Waals surface area contributed by atoms with Crippen molar-refractivity contribution in [2.45, 2.75) is 18.0 Å². The Hall–Kier alpha value is -1.94. The summed E-state index contributed by atoms with van der Waals surface area (Å²) in [7, 11) is -2.45. The van der Waals surface area contributed by atoms with Crippen LogP contribution in [0.15, 0.2) is 58.4 Å². The van der Waals surface area contributed by atoms with Crippen LogP contribution in [0.25, 0.3) is 0 Å². The van der Waals surface area contributed by atoms with Crippen molar-refractivity contribution in [2.24, 2.45) is 0 Å². The number of hydrogen-bond acceptors (Lipinski definition) is 5. The molecule has 0 radical (unpaired) electrons. The van der Waals surface area contributed by atoms with Crippen molar-refractivity contribution in [1.82, 2.24) is 19.5 Å². The summed E-state index contributed by atoms with van der Waals surface area (Å²) in [6.07, 6.45) is 3.06. The third-order valence-corrected chi connectivity index (χ3v) is 6.05. The lowest BCUT2D eigenvalue weighted by atomic mass is 10.1. The number of nitrogens with one attached hydrogen (secondary N) is 1. The molecule has 0 atom stereocenters. The standard InChI is InChI=1S/C17H16BrClN4O3S/c1-26-17-15(18)6-14(19)7-16(17)27(24,25)22-8-12-4-2-3-5-13(12)9-23-11-20-10-21-23/h2-7,10-11,22H,8-9H2,1H3. The fraction of sp³-hybridized carbons (Fsp3) is 0.176. The number of sulfonamides is 1. The summed E-state index contributed by atoms with van der Waals surface area (Å²) in [4.78, 5) is 3.89. The predicted molar refractivity (Wildman–Crippen MR) is 105 cm³/mol. The molecule has 0 saturated heterocycles. The van der Waals surface area contributed by atoms with Gasteiger partial charge in [0.1, 0.15) is 17.6 Å². The van der Waals surface area contributed by atoms with E-state index in [0.717, 1.165) is 11.1 Å². The molecule has 1 aromatic heterocycles. The molecular formula is C17H16BrClN4O3S. The largest absolute Gasteiger partial charge is 0.494 e. The van der Waals surface area contributed by atoms with E-state index in [9.17, 15) is 8.42 Å². The molecular weight excluding hydrogens is 456 g/mol. The summed E-state index contributed by atoms with van der Waals surface area (Å²) in [6.45, 7) is 0.602.